The minimum absolute atomic E-state index is 0.0464. The van der Waals surface area contributed by atoms with Crippen molar-refractivity contribution in [1.29, 1.82) is 0 Å². The van der Waals surface area contributed by atoms with E-state index in [4.69, 9.17) is 5.84 Å². The largest absolute Gasteiger partial charge is 0.374 e. The molecular weight excluding hydrogens is 180 g/mol. The van der Waals surface area contributed by atoms with E-state index in [1.54, 1.807) is 6.34 Å². The van der Waals surface area contributed by atoms with Gasteiger partial charge in [-0.15, -0.1) is 0 Å². The molecule has 0 aromatic carbocycles. The standard InChI is InChI=1S/C9H18N4O/c1-2-3-4-7(9(14)13-10)8-5-11-6-12-8/h6-8H,2-5,10H2,1H3,(H,11,12)(H,13,14). The molecule has 0 spiro atoms. The fourth-order valence-corrected chi connectivity index (χ4v) is 1.65. The van der Waals surface area contributed by atoms with E-state index in [0.717, 1.165) is 25.8 Å². The number of carbonyl (C=O) groups excluding carboxylic acids is 1. The lowest BCUT2D eigenvalue weighted by molar-refractivity contribution is -0.125. The quantitative estimate of drug-likeness (QED) is 0.325. The van der Waals surface area contributed by atoms with E-state index in [-0.39, 0.29) is 17.9 Å². The molecule has 80 valence electrons. The van der Waals surface area contributed by atoms with Crippen molar-refractivity contribution in [2.24, 2.45) is 16.8 Å². The Hall–Kier alpha value is -1.10. The van der Waals surface area contributed by atoms with Gasteiger partial charge in [0.1, 0.15) is 0 Å². The van der Waals surface area contributed by atoms with Crippen LogP contribution in [0.5, 0.6) is 0 Å². The molecule has 1 aliphatic heterocycles. The number of unbranched alkanes of at least 4 members (excludes halogenated alkanes) is 1. The summed E-state index contributed by atoms with van der Waals surface area (Å²) in [6.45, 7) is 2.84. The number of hydrogen-bond donors (Lipinski definition) is 3. The molecule has 0 saturated heterocycles. The maximum Gasteiger partial charge on any atom is 0.239 e. The number of nitrogens with zero attached hydrogens (tertiary/aromatic N) is 1. The Morgan fingerprint density at radius 1 is 1.86 bits per heavy atom. The second-order valence-electron chi connectivity index (χ2n) is 3.51. The van der Waals surface area contributed by atoms with Gasteiger partial charge in [-0.1, -0.05) is 19.8 Å². The highest BCUT2D eigenvalue weighted by Crippen LogP contribution is 2.17. The molecule has 1 rings (SSSR count). The molecule has 1 amide bonds. The van der Waals surface area contributed by atoms with E-state index < -0.39 is 0 Å². The normalized spacial score (nSPS) is 21.7. The van der Waals surface area contributed by atoms with Crippen molar-refractivity contribution < 1.29 is 4.79 Å². The summed E-state index contributed by atoms with van der Waals surface area (Å²) >= 11 is 0. The van der Waals surface area contributed by atoms with Crippen molar-refractivity contribution in [2.45, 2.75) is 32.2 Å². The fraction of sp³-hybridized carbons (Fsp3) is 0.778. The SMILES string of the molecule is CCCCC(C(=O)NN)C1CNC=N1. The van der Waals surface area contributed by atoms with Gasteiger partial charge in [-0.25, -0.2) is 5.84 Å². The zero-order valence-corrected chi connectivity index (χ0v) is 8.49. The molecule has 1 aliphatic rings. The highest BCUT2D eigenvalue weighted by molar-refractivity contribution is 5.79. The zero-order chi connectivity index (χ0) is 10.4. The van der Waals surface area contributed by atoms with Crippen LogP contribution in [-0.4, -0.2) is 24.8 Å². The average molecular weight is 198 g/mol. The number of carbonyl (C=O) groups is 1. The first-order valence-electron chi connectivity index (χ1n) is 5.05. The number of aliphatic imine (C=N–C) groups is 1. The molecule has 0 radical (unpaired) electrons. The summed E-state index contributed by atoms with van der Waals surface area (Å²) in [5.74, 6) is 4.94. The molecule has 0 saturated carbocycles. The van der Waals surface area contributed by atoms with Crippen molar-refractivity contribution >= 4 is 12.2 Å². The van der Waals surface area contributed by atoms with Crippen LogP contribution >= 0.6 is 0 Å². The van der Waals surface area contributed by atoms with Gasteiger partial charge in [0.2, 0.25) is 5.91 Å². The van der Waals surface area contributed by atoms with Gasteiger partial charge in [-0.05, 0) is 6.42 Å². The molecule has 0 bridgehead atoms. The number of hydrazine groups is 1. The average Bonchev–Trinajstić information content (AvgIpc) is 2.71. The maximum absolute atomic E-state index is 11.5. The predicted octanol–water partition coefficient (Wildman–Crippen LogP) is -0.217. The van der Waals surface area contributed by atoms with Gasteiger partial charge in [0, 0.05) is 6.54 Å². The predicted molar refractivity (Wildman–Crippen MR) is 55.6 cm³/mol. The minimum atomic E-state index is -0.107. The van der Waals surface area contributed by atoms with Gasteiger partial charge in [0.15, 0.2) is 0 Å². The smallest absolute Gasteiger partial charge is 0.239 e. The van der Waals surface area contributed by atoms with Gasteiger partial charge < -0.3 is 5.32 Å². The first kappa shape index (κ1) is 11.0. The molecule has 0 aliphatic carbocycles. The van der Waals surface area contributed by atoms with Crippen molar-refractivity contribution in [3.63, 3.8) is 0 Å². The van der Waals surface area contributed by atoms with E-state index in [1.807, 2.05) is 0 Å². The summed E-state index contributed by atoms with van der Waals surface area (Å²) in [5.41, 5.74) is 2.21. The molecular formula is C9H18N4O. The lowest BCUT2D eigenvalue weighted by Crippen LogP contribution is -2.41. The number of nitrogens with two attached hydrogens (primary N) is 1. The Balaban J connectivity index is 2.51. The van der Waals surface area contributed by atoms with Gasteiger partial charge in [0.05, 0.1) is 18.3 Å². The van der Waals surface area contributed by atoms with Crippen molar-refractivity contribution in [2.75, 3.05) is 6.54 Å². The third-order valence-corrected chi connectivity index (χ3v) is 2.50. The first-order valence-corrected chi connectivity index (χ1v) is 5.05. The summed E-state index contributed by atoms with van der Waals surface area (Å²) in [4.78, 5) is 15.7. The Kier molecular flexibility index (Phi) is 4.39. The highest BCUT2D eigenvalue weighted by Gasteiger charge is 2.28. The van der Waals surface area contributed by atoms with Gasteiger partial charge >= 0.3 is 0 Å². The lowest BCUT2D eigenvalue weighted by Gasteiger charge is -2.18. The molecule has 5 nitrogen and oxygen atoms in total. The molecule has 0 aromatic heterocycles. The molecule has 2 atom stereocenters. The molecule has 14 heavy (non-hydrogen) atoms. The first-order chi connectivity index (χ1) is 6.79. The van der Waals surface area contributed by atoms with Crippen molar-refractivity contribution in [3.05, 3.63) is 0 Å². The van der Waals surface area contributed by atoms with Crippen LogP contribution in [0.1, 0.15) is 26.2 Å². The third-order valence-electron chi connectivity index (χ3n) is 2.50. The molecule has 0 aromatic rings. The zero-order valence-electron chi connectivity index (χ0n) is 8.49. The molecule has 0 fully saturated rings. The molecule has 1 heterocycles. The lowest BCUT2D eigenvalue weighted by atomic mass is 9.94. The fourth-order valence-electron chi connectivity index (χ4n) is 1.65. The Morgan fingerprint density at radius 2 is 2.64 bits per heavy atom. The van der Waals surface area contributed by atoms with Crippen molar-refractivity contribution in [3.8, 4) is 0 Å². The number of rotatable bonds is 5. The van der Waals surface area contributed by atoms with E-state index in [9.17, 15) is 4.79 Å². The molecule has 4 N–H and O–H groups in total. The summed E-state index contributed by atoms with van der Waals surface area (Å²) in [6, 6.07) is 0.0464. The Bertz CT molecular complexity index is 217. The van der Waals surface area contributed by atoms with Crippen LogP contribution in [0.15, 0.2) is 4.99 Å². The minimum Gasteiger partial charge on any atom is -0.374 e. The van der Waals surface area contributed by atoms with Crippen LogP contribution < -0.4 is 16.6 Å². The van der Waals surface area contributed by atoms with E-state index >= 15 is 0 Å². The van der Waals surface area contributed by atoms with E-state index in [0.29, 0.717) is 0 Å². The topological polar surface area (TPSA) is 79.5 Å². The monoisotopic (exact) mass is 198 g/mol. The summed E-state index contributed by atoms with van der Waals surface area (Å²) in [7, 11) is 0. The Labute approximate surface area is 84.1 Å². The molecule has 2 unspecified atom stereocenters. The second-order valence-corrected chi connectivity index (χ2v) is 3.51. The van der Waals surface area contributed by atoms with Crippen molar-refractivity contribution in [1.82, 2.24) is 10.7 Å². The van der Waals surface area contributed by atoms with Crippen LogP contribution in [0.3, 0.4) is 0 Å². The van der Waals surface area contributed by atoms with Gasteiger partial charge in [0.25, 0.3) is 0 Å². The van der Waals surface area contributed by atoms with Crippen LogP contribution in [-0.2, 0) is 4.79 Å². The van der Waals surface area contributed by atoms with Gasteiger partial charge in [-0.3, -0.25) is 15.2 Å². The summed E-state index contributed by atoms with van der Waals surface area (Å²) < 4.78 is 0. The van der Waals surface area contributed by atoms with Crippen LogP contribution in [0.4, 0.5) is 0 Å². The second kappa shape index (κ2) is 5.59. The van der Waals surface area contributed by atoms with Crippen LogP contribution in [0, 0.1) is 5.92 Å². The number of amides is 1. The van der Waals surface area contributed by atoms with Crippen LogP contribution in [0.25, 0.3) is 0 Å². The van der Waals surface area contributed by atoms with E-state index in [1.165, 1.54) is 0 Å². The highest BCUT2D eigenvalue weighted by atomic mass is 16.2. The maximum atomic E-state index is 11.5. The molecule has 5 heteroatoms. The summed E-state index contributed by atoms with van der Waals surface area (Å²) in [6.07, 6.45) is 4.62. The van der Waals surface area contributed by atoms with Gasteiger partial charge in [-0.2, -0.15) is 0 Å². The summed E-state index contributed by atoms with van der Waals surface area (Å²) in [5, 5.41) is 3.00. The van der Waals surface area contributed by atoms with Crippen LogP contribution in [0.2, 0.25) is 0 Å². The number of nitrogens with one attached hydrogen (secondary N) is 2. The van der Waals surface area contributed by atoms with E-state index in [2.05, 4.69) is 22.7 Å². The number of hydrogen-bond acceptors (Lipinski definition) is 4. The third kappa shape index (κ3) is 2.70. The Morgan fingerprint density at radius 3 is 3.14 bits per heavy atom.